The number of benzene rings is 2. The standard InChI is InChI=1S/C28H31BrN2O3S/c29-20-6-7-25-23(15-20)28(12-10-27(8-9-27)11-13-28)17-31(25)26(32)19-2-1-3-21(14-19)35(33,34)30-24-16-22(24)18-4-5-18/h1-3,6-7,14-15,18,22,24,30H,4-5,8-13,16-17H2. The topological polar surface area (TPSA) is 66.5 Å². The number of amides is 1. The van der Waals surface area contributed by atoms with Gasteiger partial charge in [0.05, 0.1) is 4.90 Å². The molecular weight excluding hydrogens is 524 g/mol. The first kappa shape index (κ1) is 22.5. The number of nitrogens with zero attached hydrogens (tertiary/aromatic N) is 1. The zero-order valence-electron chi connectivity index (χ0n) is 19.8. The fourth-order valence-corrected chi connectivity index (χ4v) is 8.51. The highest BCUT2D eigenvalue weighted by Gasteiger charge is 2.54. The van der Waals surface area contributed by atoms with Crippen LogP contribution in [0.5, 0.6) is 0 Å². The van der Waals surface area contributed by atoms with E-state index in [-0.39, 0.29) is 22.3 Å². The summed E-state index contributed by atoms with van der Waals surface area (Å²) in [4.78, 5) is 15.9. The number of sulfonamides is 1. The van der Waals surface area contributed by atoms with E-state index in [1.807, 2.05) is 17.0 Å². The lowest BCUT2D eigenvalue weighted by molar-refractivity contribution is 0.0980. The number of hydrogen-bond donors (Lipinski definition) is 1. The van der Waals surface area contributed by atoms with Crippen LogP contribution in [0.25, 0.3) is 0 Å². The van der Waals surface area contributed by atoms with Gasteiger partial charge in [-0.15, -0.1) is 0 Å². The molecule has 7 heteroatoms. The summed E-state index contributed by atoms with van der Waals surface area (Å²) in [6.45, 7) is 0.675. The highest BCUT2D eigenvalue weighted by molar-refractivity contribution is 9.10. The molecule has 0 saturated heterocycles. The molecule has 35 heavy (non-hydrogen) atoms. The number of rotatable bonds is 5. The first-order valence-electron chi connectivity index (χ1n) is 13.0. The summed E-state index contributed by atoms with van der Waals surface area (Å²) in [7, 11) is -3.64. The van der Waals surface area contributed by atoms with Crippen LogP contribution in [0.1, 0.15) is 73.7 Å². The van der Waals surface area contributed by atoms with E-state index in [0.717, 1.165) is 29.4 Å². The smallest absolute Gasteiger partial charge is 0.258 e. The summed E-state index contributed by atoms with van der Waals surface area (Å²) < 4.78 is 30.1. The third kappa shape index (κ3) is 3.89. The summed E-state index contributed by atoms with van der Waals surface area (Å²) in [6.07, 6.45) is 10.8. The molecule has 0 radical (unpaired) electrons. The zero-order chi connectivity index (χ0) is 24.0. The Labute approximate surface area is 215 Å². The third-order valence-corrected chi connectivity index (χ3v) is 11.5. The summed E-state index contributed by atoms with van der Waals surface area (Å²) in [6, 6.07) is 12.9. The Bertz CT molecular complexity index is 1320. The predicted molar refractivity (Wildman–Crippen MR) is 139 cm³/mol. The SMILES string of the molecule is O=C(c1cccc(S(=O)(=O)NC2CC2C2CC2)c1)N1CC2(CCC3(CC3)CC2)c2cc(Br)ccc21. The first-order chi connectivity index (χ1) is 16.8. The quantitative estimate of drug-likeness (QED) is 0.509. The van der Waals surface area contributed by atoms with Crippen molar-refractivity contribution in [2.75, 3.05) is 11.4 Å². The maximum atomic E-state index is 13.8. The number of carbonyl (C=O) groups excluding carboxylic acids is 1. The van der Waals surface area contributed by atoms with E-state index in [4.69, 9.17) is 0 Å². The van der Waals surface area contributed by atoms with Gasteiger partial charge in [0, 0.05) is 33.7 Å². The van der Waals surface area contributed by atoms with Crippen molar-refractivity contribution in [3.8, 4) is 0 Å². The van der Waals surface area contributed by atoms with Gasteiger partial charge in [-0.05, 0) is 117 Å². The Morgan fingerprint density at radius 3 is 2.46 bits per heavy atom. The Morgan fingerprint density at radius 1 is 1.00 bits per heavy atom. The minimum Gasteiger partial charge on any atom is -0.307 e. The van der Waals surface area contributed by atoms with Gasteiger partial charge < -0.3 is 4.90 Å². The molecule has 2 aromatic rings. The van der Waals surface area contributed by atoms with Crippen LogP contribution >= 0.6 is 15.9 Å². The van der Waals surface area contributed by atoms with E-state index in [2.05, 4.69) is 26.7 Å². The lowest BCUT2D eigenvalue weighted by Crippen LogP contribution is -2.40. The van der Waals surface area contributed by atoms with Crippen molar-refractivity contribution in [2.45, 2.75) is 74.1 Å². The summed E-state index contributed by atoms with van der Waals surface area (Å²) in [5, 5.41) is 0. The number of nitrogens with one attached hydrogen (secondary N) is 1. The lowest BCUT2D eigenvalue weighted by atomic mass is 9.66. The fraction of sp³-hybridized carbons (Fsp3) is 0.536. The van der Waals surface area contributed by atoms with Gasteiger partial charge in [0.1, 0.15) is 0 Å². The van der Waals surface area contributed by atoms with Crippen LogP contribution in [0.2, 0.25) is 0 Å². The van der Waals surface area contributed by atoms with Gasteiger partial charge in [0.2, 0.25) is 10.0 Å². The lowest BCUT2D eigenvalue weighted by Gasteiger charge is -2.38. The Morgan fingerprint density at radius 2 is 1.74 bits per heavy atom. The number of fused-ring (bicyclic) bond motifs is 2. The van der Waals surface area contributed by atoms with E-state index in [0.29, 0.717) is 29.4 Å². The Kier molecular flexibility index (Phi) is 4.92. The molecule has 5 aliphatic rings. The summed E-state index contributed by atoms with van der Waals surface area (Å²) in [5.74, 6) is 1.08. The van der Waals surface area contributed by atoms with Crippen molar-refractivity contribution in [1.29, 1.82) is 0 Å². The van der Waals surface area contributed by atoms with E-state index >= 15 is 0 Å². The number of hydrogen-bond acceptors (Lipinski definition) is 3. The molecule has 2 atom stereocenters. The van der Waals surface area contributed by atoms with Crippen molar-refractivity contribution in [1.82, 2.24) is 4.72 Å². The van der Waals surface area contributed by atoms with Gasteiger partial charge in [0.25, 0.3) is 5.91 Å². The van der Waals surface area contributed by atoms with Crippen molar-refractivity contribution < 1.29 is 13.2 Å². The van der Waals surface area contributed by atoms with E-state index < -0.39 is 10.0 Å². The van der Waals surface area contributed by atoms with Crippen LogP contribution in [0.15, 0.2) is 51.8 Å². The molecule has 4 aliphatic carbocycles. The van der Waals surface area contributed by atoms with Crippen LogP contribution in [0, 0.1) is 17.3 Å². The van der Waals surface area contributed by atoms with Crippen molar-refractivity contribution >= 4 is 37.5 Å². The van der Waals surface area contributed by atoms with E-state index in [1.165, 1.54) is 44.1 Å². The molecule has 0 aromatic heterocycles. The van der Waals surface area contributed by atoms with Crippen LogP contribution in [-0.2, 0) is 15.4 Å². The molecular formula is C28H31BrN2O3S. The van der Waals surface area contributed by atoms with E-state index in [9.17, 15) is 13.2 Å². The van der Waals surface area contributed by atoms with Crippen molar-refractivity contribution in [3.05, 3.63) is 58.1 Å². The molecule has 0 bridgehead atoms. The zero-order valence-corrected chi connectivity index (χ0v) is 22.2. The van der Waals surface area contributed by atoms with Gasteiger partial charge in [-0.25, -0.2) is 13.1 Å². The molecule has 2 aromatic carbocycles. The third-order valence-electron chi connectivity index (χ3n) is 9.52. The molecule has 5 nitrogen and oxygen atoms in total. The second-order valence-corrected chi connectivity index (χ2v) is 14.5. The number of anilines is 1. The van der Waals surface area contributed by atoms with Gasteiger partial charge in [0.15, 0.2) is 0 Å². The van der Waals surface area contributed by atoms with Crippen LogP contribution in [-0.4, -0.2) is 26.9 Å². The molecule has 2 spiro atoms. The molecule has 2 unspecified atom stereocenters. The maximum absolute atomic E-state index is 13.8. The Hall–Kier alpha value is -1.70. The summed E-state index contributed by atoms with van der Waals surface area (Å²) in [5.41, 5.74) is 3.24. The maximum Gasteiger partial charge on any atom is 0.258 e. The molecule has 184 valence electrons. The molecule has 1 heterocycles. The normalized spacial score (nSPS) is 27.7. The monoisotopic (exact) mass is 554 g/mol. The fourth-order valence-electron chi connectivity index (χ4n) is 6.80. The first-order valence-corrected chi connectivity index (χ1v) is 15.3. The van der Waals surface area contributed by atoms with Gasteiger partial charge in [-0.3, -0.25) is 4.79 Å². The highest BCUT2D eigenvalue weighted by atomic mass is 79.9. The van der Waals surface area contributed by atoms with Crippen LogP contribution in [0.4, 0.5) is 5.69 Å². The molecule has 4 saturated carbocycles. The largest absolute Gasteiger partial charge is 0.307 e. The van der Waals surface area contributed by atoms with Gasteiger partial charge >= 0.3 is 0 Å². The average Bonchev–Trinajstić information content (AvgIpc) is 3.73. The molecule has 1 amide bonds. The van der Waals surface area contributed by atoms with Crippen LogP contribution in [0.3, 0.4) is 0 Å². The molecule has 4 fully saturated rings. The van der Waals surface area contributed by atoms with Gasteiger partial charge in [-0.2, -0.15) is 0 Å². The Balaban J connectivity index is 1.16. The van der Waals surface area contributed by atoms with Crippen LogP contribution < -0.4 is 9.62 Å². The van der Waals surface area contributed by atoms with Crippen molar-refractivity contribution in [2.24, 2.45) is 17.3 Å². The van der Waals surface area contributed by atoms with Gasteiger partial charge in [-0.1, -0.05) is 22.0 Å². The number of carbonyl (C=O) groups is 1. The highest BCUT2D eigenvalue weighted by Crippen LogP contribution is 2.62. The molecule has 1 N–H and O–H groups in total. The average molecular weight is 556 g/mol. The minimum atomic E-state index is -3.64. The van der Waals surface area contributed by atoms with E-state index in [1.54, 1.807) is 24.3 Å². The number of halogens is 1. The predicted octanol–water partition coefficient (Wildman–Crippen LogP) is 5.78. The second kappa shape index (κ2) is 7.65. The summed E-state index contributed by atoms with van der Waals surface area (Å²) >= 11 is 3.65. The minimum absolute atomic E-state index is 0.00233. The molecule has 1 aliphatic heterocycles. The second-order valence-electron chi connectivity index (χ2n) is 11.8. The molecule has 7 rings (SSSR count). The van der Waals surface area contributed by atoms with Crippen molar-refractivity contribution in [3.63, 3.8) is 0 Å².